The van der Waals surface area contributed by atoms with Crippen LogP contribution in [-0.4, -0.2) is 77.1 Å². The molecule has 2 fully saturated rings. The van der Waals surface area contributed by atoms with Gasteiger partial charge in [0.05, 0.1) is 18.0 Å². The number of fused-ring (bicyclic) bond motifs is 1. The first kappa shape index (κ1) is 18.8. The number of β-amino-alcohol motifs (C(OH)–C–C–N with tert-alkyl or cyclic N) is 1. The van der Waals surface area contributed by atoms with Crippen LogP contribution in [0.4, 0.5) is 0 Å². The van der Waals surface area contributed by atoms with E-state index >= 15 is 0 Å². The van der Waals surface area contributed by atoms with Crippen molar-refractivity contribution in [2.45, 2.75) is 18.4 Å². The van der Waals surface area contributed by atoms with Gasteiger partial charge in [-0.3, -0.25) is 14.6 Å². The first-order valence-corrected chi connectivity index (χ1v) is 9.76. The monoisotopic (exact) mass is 382 g/mol. The van der Waals surface area contributed by atoms with E-state index in [4.69, 9.17) is 0 Å². The van der Waals surface area contributed by atoms with Crippen LogP contribution < -0.4 is 5.32 Å². The zero-order chi connectivity index (χ0) is 19.7. The minimum absolute atomic E-state index is 0.0204. The molecule has 1 aromatic carbocycles. The van der Waals surface area contributed by atoms with Gasteiger partial charge in [-0.1, -0.05) is 12.1 Å². The quantitative estimate of drug-likeness (QED) is 0.820. The summed E-state index contributed by atoms with van der Waals surface area (Å²) in [6.07, 6.45) is 3.04. The molecule has 3 heterocycles. The number of carbonyl (C=O) groups is 2. The topological polar surface area (TPSA) is 85.8 Å². The normalized spacial score (nSPS) is 25.4. The van der Waals surface area contributed by atoms with Crippen LogP contribution in [-0.2, 0) is 4.79 Å². The maximum atomic E-state index is 12.7. The maximum absolute atomic E-state index is 12.7. The smallest absolute Gasteiger partial charge is 0.251 e. The number of nitrogens with one attached hydrogen (secondary N) is 1. The van der Waals surface area contributed by atoms with Gasteiger partial charge in [-0.25, -0.2) is 0 Å². The van der Waals surface area contributed by atoms with Gasteiger partial charge in [-0.05, 0) is 44.6 Å². The number of hydrogen-bond donors (Lipinski definition) is 2. The molecule has 2 saturated heterocycles. The van der Waals surface area contributed by atoms with Gasteiger partial charge in [-0.15, -0.1) is 0 Å². The lowest BCUT2D eigenvalue weighted by Crippen LogP contribution is -2.46. The molecule has 28 heavy (non-hydrogen) atoms. The molecular weight excluding hydrogens is 356 g/mol. The second kappa shape index (κ2) is 7.48. The van der Waals surface area contributed by atoms with Crippen LogP contribution in [0.2, 0.25) is 0 Å². The number of aliphatic hydroxyl groups is 1. The van der Waals surface area contributed by atoms with E-state index in [1.165, 1.54) is 0 Å². The van der Waals surface area contributed by atoms with Crippen LogP contribution in [0, 0.1) is 5.92 Å². The summed E-state index contributed by atoms with van der Waals surface area (Å²) in [6, 6.07) is 9.16. The molecule has 1 aromatic heterocycles. The van der Waals surface area contributed by atoms with Crippen molar-refractivity contribution in [3.05, 3.63) is 42.1 Å². The van der Waals surface area contributed by atoms with Crippen molar-refractivity contribution in [2.75, 3.05) is 39.8 Å². The summed E-state index contributed by atoms with van der Waals surface area (Å²) < 4.78 is 0. The highest BCUT2D eigenvalue weighted by Crippen LogP contribution is 2.25. The van der Waals surface area contributed by atoms with Crippen molar-refractivity contribution < 1.29 is 14.7 Å². The summed E-state index contributed by atoms with van der Waals surface area (Å²) >= 11 is 0. The molecule has 7 nitrogen and oxygen atoms in total. The summed E-state index contributed by atoms with van der Waals surface area (Å²) in [6.45, 7) is 2.64. The van der Waals surface area contributed by atoms with E-state index < -0.39 is 5.60 Å². The van der Waals surface area contributed by atoms with Crippen molar-refractivity contribution in [2.24, 2.45) is 5.92 Å². The highest BCUT2D eigenvalue weighted by Gasteiger charge is 2.41. The second-order valence-electron chi connectivity index (χ2n) is 8.08. The van der Waals surface area contributed by atoms with Crippen LogP contribution in [0.15, 0.2) is 36.5 Å². The third-order valence-corrected chi connectivity index (χ3v) is 5.83. The molecule has 4 rings (SSSR count). The molecule has 0 aliphatic carbocycles. The first-order chi connectivity index (χ1) is 13.4. The number of nitrogens with zero attached hydrogens (tertiary/aromatic N) is 3. The average Bonchev–Trinajstić information content (AvgIpc) is 3.31. The van der Waals surface area contributed by atoms with Gasteiger partial charge in [0.25, 0.3) is 5.91 Å². The first-order valence-electron chi connectivity index (χ1n) is 9.76. The molecule has 2 N–H and O–H groups in total. The van der Waals surface area contributed by atoms with Crippen LogP contribution in [0.1, 0.15) is 23.2 Å². The molecule has 2 atom stereocenters. The van der Waals surface area contributed by atoms with Crippen molar-refractivity contribution in [3.8, 4) is 0 Å². The van der Waals surface area contributed by atoms with E-state index in [0.717, 1.165) is 30.4 Å². The van der Waals surface area contributed by atoms with E-state index in [1.54, 1.807) is 23.2 Å². The van der Waals surface area contributed by atoms with Crippen LogP contribution in [0.3, 0.4) is 0 Å². The Kier molecular flexibility index (Phi) is 5.03. The summed E-state index contributed by atoms with van der Waals surface area (Å²) in [5.74, 6) is -0.109. The van der Waals surface area contributed by atoms with E-state index in [0.29, 0.717) is 18.5 Å². The lowest BCUT2D eigenvalue weighted by molar-refractivity contribution is -0.135. The largest absolute Gasteiger partial charge is 0.386 e. The molecule has 2 amide bonds. The van der Waals surface area contributed by atoms with Gasteiger partial charge in [0.15, 0.2) is 0 Å². The van der Waals surface area contributed by atoms with Gasteiger partial charge in [-0.2, -0.15) is 0 Å². The predicted octanol–water partition coefficient (Wildman–Crippen LogP) is 0.880. The van der Waals surface area contributed by atoms with Crippen LogP contribution >= 0.6 is 0 Å². The fourth-order valence-electron chi connectivity index (χ4n) is 4.14. The Balaban J connectivity index is 1.34. The van der Waals surface area contributed by atoms with Crippen LogP contribution in [0.25, 0.3) is 10.9 Å². The Labute approximate surface area is 164 Å². The second-order valence-corrected chi connectivity index (χ2v) is 8.08. The number of pyridine rings is 1. The standard InChI is InChI=1S/C21H26N4O3/c1-24-9-6-17(12-24)20(27)25-10-7-21(28,14-25)13-23-19(26)16-5-4-15-3-2-8-22-18(15)11-16/h2-5,8,11,17,28H,6-7,9-10,12-14H2,1H3,(H,23,26). The Morgan fingerprint density at radius 2 is 2.18 bits per heavy atom. The van der Waals surface area contributed by atoms with Gasteiger partial charge < -0.3 is 20.2 Å². The van der Waals surface area contributed by atoms with Gasteiger partial charge in [0, 0.05) is 36.8 Å². The van der Waals surface area contributed by atoms with E-state index in [1.807, 2.05) is 25.2 Å². The van der Waals surface area contributed by atoms with E-state index in [-0.39, 0.29) is 30.8 Å². The Bertz CT molecular complexity index is 902. The minimum Gasteiger partial charge on any atom is -0.386 e. The summed E-state index contributed by atoms with van der Waals surface area (Å²) in [7, 11) is 2.02. The van der Waals surface area contributed by atoms with Gasteiger partial charge in [0.1, 0.15) is 5.60 Å². The van der Waals surface area contributed by atoms with Gasteiger partial charge >= 0.3 is 0 Å². The number of rotatable bonds is 4. The molecule has 2 aromatic rings. The van der Waals surface area contributed by atoms with Crippen molar-refractivity contribution in [1.29, 1.82) is 0 Å². The summed E-state index contributed by atoms with van der Waals surface area (Å²) in [4.78, 5) is 33.3. The van der Waals surface area contributed by atoms with Crippen LogP contribution in [0.5, 0.6) is 0 Å². The predicted molar refractivity (Wildman–Crippen MR) is 106 cm³/mol. The number of likely N-dealkylation sites (tertiary alicyclic amines) is 2. The fourth-order valence-corrected chi connectivity index (χ4v) is 4.14. The lowest BCUT2D eigenvalue weighted by atomic mass is 10.0. The Hall–Kier alpha value is -2.51. The zero-order valence-corrected chi connectivity index (χ0v) is 16.1. The van der Waals surface area contributed by atoms with E-state index in [2.05, 4.69) is 15.2 Å². The minimum atomic E-state index is -1.08. The third kappa shape index (κ3) is 3.86. The molecule has 2 aliphatic heterocycles. The summed E-state index contributed by atoms with van der Waals surface area (Å²) in [5.41, 5.74) is 0.188. The maximum Gasteiger partial charge on any atom is 0.251 e. The fraction of sp³-hybridized carbons (Fsp3) is 0.476. The molecule has 7 heteroatoms. The van der Waals surface area contributed by atoms with Gasteiger partial charge in [0.2, 0.25) is 5.91 Å². The number of carbonyl (C=O) groups excluding carboxylic acids is 2. The highest BCUT2D eigenvalue weighted by atomic mass is 16.3. The molecule has 2 aliphatic rings. The zero-order valence-electron chi connectivity index (χ0n) is 16.1. The Morgan fingerprint density at radius 1 is 1.32 bits per heavy atom. The lowest BCUT2D eigenvalue weighted by Gasteiger charge is -2.25. The molecule has 0 radical (unpaired) electrons. The molecule has 2 unspecified atom stereocenters. The number of amides is 2. The average molecular weight is 382 g/mol. The van der Waals surface area contributed by atoms with E-state index in [9.17, 15) is 14.7 Å². The highest BCUT2D eigenvalue weighted by molar-refractivity contribution is 5.97. The van der Waals surface area contributed by atoms with Crippen molar-refractivity contribution in [1.82, 2.24) is 20.1 Å². The number of hydrogen-bond acceptors (Lipinski definition) is 5. The number of benzene rings is 1. The van der Waals surface area contributed by atoms with Crippen molar-refractivity contribution in [3.63, 3.8) is 0 Å². The molecular formula is C21H26N4O3. The molecule has 0 saturated carbocycles. The SMILES string of the molecule is CN1CCC(C(=O)N2CCC(O)(CNC(=O)c3ccc4cccnc4c3)C2)C1. The molecule has 0 bridgehead atoms. The molecule has 0 spiro atoms. The Morgan fingerprint density at radius 3 is 2.96 bits per heavy atom. The number of aromatic nitrogens is 1. The van der Waals surface area contributed by atoms with Crippen molar-refractivity contribution >= 4 is 22.7 Å². The summed E-state index contributed by atoms with van der Waals surface area (Å²) in [5, 5.41) is 14.6. The molecule has 148 valence electrons. The third-order valence-electron chi connectivity index (χ3n) is 5.83.